The minimum absolute atomic E-state index is 0.386. The highest BCUT2D eigenvalue weighted by Gasteiger charge is 2.01. The van der Waals surface area contributed by atoms with Gasteiger partial charge in [-0.1, -0.05) is 6.92 Å². The van der Waals surface area contributed by atoms with E-state index in [-0.39, 0.29) is 0 Å². The zero-order valence-corrected chi connectivity index (χ0v) is 8.99. The molecular formula is C11H18N2O. The lowest BCUT2D eigenvalue weighted by atomic mass is 10.1. The molecule has 14 heavy (non-hydrogen) atoms. The standard InChI is InChI=1S/C11H18N2O/c1-3-5-11(14)7-4-6-10-8-12-13(2)9-10/h8-9H,3-7H2,1-2H3. The van der Waals surface area contributed by atoms with Crippen molar-refractivity contribution in [1.29, 1.82) is 0 Å². The Kier molecular flexibility index (Phi) is 4.36. The summed E-state index contributed by atoms with van der Waals surface area (Å²) in [6.07, 6.45) is 8.18. The fourth-order valence-electron chi connectivity index (χ4n) is 1.49. The van der Waals surface area contributed by atoms with E-state index in [1.165, 1.54) is 5.56 Å². The van der Waals surface area contributed by atoms with Crippen molar-refractivity contribution >= 4 is 5.78 Å². The number of carbonyl (C=O) groups excluding carboxylic acids is 1. The Morgan fingerprint density at radius 3 is 2.86 bits per heavy atom. The average Bonchev–Trinajstić information content (AvgIpc) is 2.52. The number of hydrogen-bond acceptors (Lipinski definition) is 2. The van der Waals surface area contributed by atoms with Crippen LogP contribution in [0.15, 0.2) is 12.4 Å². The van der Waals surface area contributed by atoms with Gasteiger partial charge in [-0.05, 0) is 24.8 Å². The van der Waals surface area contributed by atoms with Crippen molar-refractivity contribution in [2.24, 2.45) is 7.05 Å². The first kappa shape index (κ1) is 11.0. The second-order valence-electron chi connectivity index (χ2n) is 3.66. The van der Waals surface area contributed by atoms with Crippen LogP contribution in [0.3, 0.4) is 0 Å². The van der Waals surface area contributed by atoms with Gasteiger partial charge >= 0.3 is 0 Å². The SMILES string of the molecule is CCCC(=O)CCCc1cnn(C)c1. The number of Topliss-reactive ketones (excluding diaryl/α,β-unsaturated/α-hetero) is 1. The number of rotatable bonds is 6. The van der Waals surface area contributed by atoms with E-state index >= 15 is 0 Å². The lowest BCUT2D eigenvalue weighted by molar-refractivity contribution is -0.119. The first-order valence-electron chi connectivity index (χ1n) is 5.21. The van der Waals surface area contributed by atoms with E-state index in [9.17, 15) is 4.79 Å². The Morgan fingerprint density at radius 2 is 2.29 bits per heavy atom. The smallest absolute Gasteiger partial charge is 0.132 e. The van der Waals surface area contributed by atoms with Crippen LogP contribution in [0.2, 0.25) is 0 Å². The van der Waals surface area contributed by atoms with Crippen LogP contribution in [0.4, 0.5) is 0 Å². The van der Waals surface area contributed by atoms with E-state index in [4.69, 9.17) is 0 Å². The first-order chi connectivity index (χ1) is 6.72. The number of aromatic nitrogens is 2. The van der Waals surface area contributed by atoms with Gasteiger partial charge in [-0.15, -0.1) is 0 Å². The summed E-state index contributed by atoms with van der Waals surface area (Å²) in [5.74, 6) is 0.386. The molecule has 3 heteroatoms. The molecule has 0 saturated heterocycles. The molecule has 78 valence electrons. The van der Waals surface area contributed by atoms with Crippen LogP contribution in [0.5, 0.6) is 0 Å². The minimum atomic E-state index is 0.386. The van der Waals surface area contributed by atoms with Gasteiger partial charge in [0.25, 0.3) is 0 Å². The number of aryl methyl sites for hydroxylation is 2. The number of carbonyl (C=O) groups is 1. The lowest BCUT2D eigenvalue weighted by Gasteiger charge is -1.97. The molecule has 1 aromatic rings. The lowest BCUT2D eigenvalue weighted by Crippen LogP contribution is -1.97. The number of ketones is 1. The van der Waals surface area contributed by atoms with Crippen molar-refractivity contribution < 1.29 is 4.79 Å². The van der Waals surface area contributed by atoms with Crippen LogP contribution in [0.1, 0.15) is 38.2 Å². The summed E-state index contributed by atoms with van der Waals surface area (Å²) in [6, 6.07) is 0. The van der Waals surface area contributed by atoms with E-state index < -0.39 is 0 Å². The summed E-state index contributed by atoms with van der Waals surface area (Å²) >= 11 is 0. The molecular weight excluding hydrogens is 176 g/mol. The zero-order valence-electron chi connectivity index (χ0n) is 8.99. The molecule has 0 aliphatic carbocycles. The van der Waals surface area contributed by atoms with Crippen LogP contribution >= 0.6 is 0 Å². The second-order valence-corrected chi connectivity index (χ2v) is 3.66. The highest BCUT2D eigenvalue weighted by molar-refractivity contribution is 5.78. The molecule has 0 atom stereocenters. The Labute approximate surface area is 85.1 Å². The van der Waals surface area contributed by atoms with E-state index in [0.29, 0.717) is 12.2 Å². The fourth-order valence-corrected chi connectivity index (χ4v) is 1.49. The van der Waals surface area contributed by atoms with Gasteiger partial charge in [0.05, 0.1) is 6.20 Å². The molecule has 0 spiro atoms. The van der Waals surface area contributed by atoms with Crippen molar-refractivity contribution in [1.82, 2.24) is 9.78 Å². The molecule has 0 amide bonds. The van der Waals surface area contributed by atoms with Gasteiger partial charge in [-0.2, -0.15) is 5.10 Å². The summed E-state index contributed by atoms with van der Waals surface area (Å²) in [7, 11) is 1.91. The topological polar surface area (TPSA) is 34.9 Å². The van der Waals surface area contributed by atoms with Crippen molar-refractivity contribution in [3.05, 3.63) is 18.0 Å². The van der Waals surface area contributed by atoms with E-state index in [2.05, 4.69) is 5.10 Å². The Hall–Kier alpha value is -1.12. The monoisotopic (exact) mass is 194 g/mol. The van der Waals surface area contributed by atoms with Crippen LogP contribution in [-0.2, 0) is 18.3 Å². The summed E-state index contributed by atoms with van der Waals surface area (Å²) in [6.45, 7) is 2.04. The first-order valence-corrected chi connectivity index (χ1v) is 5.21. The number of hydrogen-bond donors (Lipinski definition) is 0. The summed E-state index contributed by atoms with van der Waals surface area (Å²) in [5.41, 5.74) is 1.22. The predicted molar refractivity (Wildman–Crippen MR) is 56.1 cm³/mol. The molecule has 0 bridgehead atoms. The van der Waals surface area contributed by atoms with Crippen LogP contribution < -0.4 is 0 Å². The third-order valence-electron chi connectivity index (χ3n) is 2.21. The highest BCUT2D eigenvalue weighted by atomic mass is 16.1. The number of nitrogens with zero attached hydrogens (tertiary/aromatic N) is 2. The second kappa shape index (κ2) is 5.58. The van der Waals surface area contributed by atoms with Crippen molar-refractivity contribution in [2.45, 2.75) is 39.0 Å². The van der Waals surface area contributed by atoms with Gasteiger partial charge in [0, 0.05) is 26.1 Å². The maximum absolute atomic E-state index is 11.2. The molecule has 0 saturated carbocycles. The summed E-state index contributed by atoms with van der Waals surface area (Å²) in [4.78, 5) is 11.2. The summed E-state index contributed by atoms with van der Waals surface area (Å²) in [5, 5.41) is 4.08. The van der Waals surface area contributed by atoms with Crippen molar-refractivity contribution in [3.63, 3.8) is 0 Å². The predicted octanol–water partition coefficient (Wildman–Crippen LogP) is 2.11. The van der Waals surface area contributed by atoms with Gasteiger partial charge in [0.15, 0.2) is 0 Å². The molecule has 1 rings (SSSR count). The zero-order chi connectivity index (χ0) is 10.4. The van der Waals surface area contributed by atoms with Gasteiger partial charge in [0.2, 0.25) is 0 Å². The van der Waals surface area contributed by atoms with E-state index in [1.807, 2.05) is 26.4 Å². The van der Waals surface area contributed by atoms with Gasteiger partial charge in [-0.25, -0.2) is 0 Å². The molecule has 3 nitrogen and oxygen atoms in total. The van der Waals surface area contributed by atoms with Gasteiger partial charge < -0.3 is 0 Å². The average molecular weight is 194 g/mol. The molecule has 0 unspecified atom stereocenters. The third-order valence-corrected chi connectivity index (χ3v) is 2.21. The maximum Gasteiger partial charge on any atom is 0.132 e. The van der Waals surface area contributed by atoms with Gasteiger partial charge in [0.1, 0.15) is 5.78 Å². The molecule has 0 aliphatic heterocycles. The minimum Gasteiger partial charge on any atom is -0.300 e. The van der Waals surface area contributed by atoms with E-state index in [1.54, 1.807) is 4.68 Å². The quantitative estimate of drug-likeness (QED) is 0.695. The molecule has 0 aliphatic rings. The fraction of sp³-hybridized carbons (Fsp3) is 0.636. The Balaban J connectivity index is 2.18. The summed E-state index contributed by atoms with van der Waals surface area (Å²) < 4.78 is 1.79. The van der Waals surface area contributed by atoms with Crippen LogP contribution in [-0.4, -0.2) is 15.6 Å². The normalized spacial score (nSPS) is 10.4. The largest absolute Gasteiger partial charge is 0.300 e. The highest BCUT2D eigenvalue weighted by Crippen LogP contribution is 2.05. The van der Waals surface area contributed by atoms with Gasteiger partial charge in [-0.3, -0.25) is 9.48 Å². The van der Waals surface area contributed by atoms with Crippen LogP contribution in [0.25, 0.3) is 0 Å². The van der Waals surface area contributed by atoms with E-state index in [0.717, 1.165) is 25.7 Å². The maximum atomic E-state index is 11.2. The Morgan fingerprint density at radius 1 is 1.50 bits per heavy atom. The molecule has 1 aromatic heterocycles. The molecule has 0 radical (unpaired) electrons. The molecule has 0 aromatic carbocycles. The molecule has 0 fully saturated rings. The molecule has 1 heterocycles. The Bertz CT molecular complexity index is 291. The van der Waals surface area contributed by atoms with Crippen molar-refractivity contribution in [3.8, 4) is 0 Å². The van der Waals surface area contributed by atoms with Crippen molar-refractivity contribution in [2.75, 3.05) is 0 Å². The molecule has 0 N–H and O–H groups in total. The van der Waals surface area contributed by atoms with Crippen LogP contribution in [0, 0.1) is 0 Å². The third kappa shape index (κ3) is 3.73.